The summed E-state index contributed by atoms with van der Waals surface area (Å²) < 4.78 is 18.0. The number of nitrogens with zero attached hydrogens (tertiary/aromatic N) is 2. The number of aryl methyl sites for hydroxylation is 1. The van der Waals surface area contributed by atoms with Crippen LogP contribution in [0.25, 0.3) is 62.6 Å². The van der Waals surface area contributed by atoms with Crippen molar-refractivity contribution in [3.8, 4) is 33.8 Å². The number of para-hydroxylation sites is 1. The van der Waals surface area contributed by atoms with Crippen LogP contribution in [0.1, 0.15) is 31.9 Å². The predicted octanol–water partition coefficient (Wildman–Crippen LogP) is 15.2. The highest BCUT2D eigenvalue weighted by atomic mass is 32.1. The van der Waals surface area contributed by atoms with Gasteiger partial charge >= 0.3 is 0 Å². The molecule has 7 heteroatoms. The summed E-state index contributed by atoms with van der Waals surface area (Å²) in [6, 6.07) is 66.2. The van der Waals surface area contributed by atoms with E-state index in [2.05, 4.69) is 207 Å². The van der Waals surface area contributed by atoms with Gasteiger partial charge in [0.2, 0.25) is 0 Å². The molecule has 0 spiro atoms. The molecule has 326 valence electrons. The Balaban J connectivity index is 0.994. The molecular weight excluding hydrogens is 868 g/mol. The Morgan fingerprint density at radius 3 is 1.72 bits per heavy atom. The Hall–Kier alpha value is -7.32. The summed E-state index contributed by atoms with van der Waals surface area (Å²) in [7, 11) is 0. The average molecular weight is 913 g/mol. The second-order valence-corrected chi connectivity index (χ2v) is 21.8. The summed E-state index contributed by atoms with van der Waals surface area (Å²) >= 11 is 3.74. The molecule has 0 saturated heterocycles. The molecule has 0 saturated carbocycles. The van der Waals surface area contributed by atoms with Gasteiger partial charge in [-0.15, -0.1) is 22.7 Å². The van der Waals surface area contributed by atoms with Gasteiger partial charge in [0.1, 0.15) is 13.2 Å². The van der Waals surface area contributed by atoms with Crippen molar-refractivity contribution in [2.24, 2.45) is 0 Å². The molecule has 0 aliphatic carbocycles. The summed E-state index contributed by atoms with van der Waals surface area (Å²) in [5.41, 5.74) is 18.0. The van der Waals surface area contributed by atoms with E-state index < -0.39 is 0 Å². The summed E-state index contributed by atoms with van der Waals surface area (Å²) in [6.45, 7) is 10.2. The molecule has 0 unspecified atom stereocenters. The lowest BCUT2D eigenvalue weighted by molar-refractivity contribution is 0.172. The minimum atomic E-state index is -0.0621. The van der Waals surface area contributed by atoms with Crippen LogP contribution in [-0.4, -0.2) is 19.9 Å². The topological polar surface area (TPSA) is 24.9 Å². The number of fused-ring (bicyclic) bond motifs is 11. The van der Waals surface area contributed by atoms with Crippen LogP contribution >= 0.6 is 22.7 Å². The van der Waals surface area contributed by atoms with E-state index in [9.17, 15) is 0 Å². The fourth-order valence-corrected chi connectivity index (χ4v) is 13.5. The molecular formula is C61H45BN2O2S2. The van der Waals surface area contributed by atoms with E-state index in [-0.39, 0.29) is 12.1 Å². The SMILES string of the molecule is Cc1cc2c3c(c1)N(c1cccc4c1OCCO4)c1ccc(C(C)(C)C)cc1B3c1cc(-c3ccc4c(c3)sc3ccccc34)ccc1N2c1ccc(-c2ccc3c(c2)sc2ccccc23)cc1. The second kappa shape index (κ2) is 14.8. The third-order valence-corrected chi connectivity index (χ3v) is 16.7. The van der Waals surface area contributed by atoms with E-state index in [0.717, 1.165) is 34.2 Å². The zero-order valence-corrected chi connectivity index (χ0v) is 39.9. The summed E-state index contributed by atoms with van der Waals surface area (Å²) in [4.78, 5) is 4.97. The first-order valence-corrected chi connectivity index (χ1v) is 25.2. The third-order valence-electron chi connectivity index (χ3n) is 14.4. The molecule has 11 aromatic rings. The quantitative estimate of drug-likeness (QED) is 0.164. The van der Waals surface area contributed by atoms with Crippen LogP contribution in [0.2, 0.25) is 0 Å². The lowest BCUT2D eigenvalue weighted by atomic mass is 9.33. The zero-order chi connectivity index (χ0) is 45.4. The number of ether oxygens (including phenoxy) is 2. The molecule has 5 heterocycles. The van der Waals surface area contributed by atoms with Crippen LogP contribution in [-0.2, 0) is 5.41 Å². The third kappa shape index (κ3) is 6.05. The minimum absolute atomic E-state index is 0.0441. The fraction of sp³-hybridized carbons (Fsp3) is 0.115. The van der Waals surface area contributed by atoms with Gasteiger partial charge < -0.3 is 19.3 Å². The molecule has 3 aliphatic heterocycles. The van der Waals surface area contributed by atoms with E-state index >= 15 is 0 Å². The predicted molar refractivity (Wildman–Crippen MR) is 292 cm³/mol. The van der Waals surface area contributed by atoms with Crippen molar-refractivity contribution in [2.75, 3.05) is 23.0 Å². The first-order chi connectivity index (χ1) is 33.2. The van der Waals surface area contributed by atoms with Crippen LogP contribution in [0.5, 0.6) is 11.5 Å². The lowest BCUT2D eigenvalue weighted by Gasteiger charge is -2.45. The Morgan fingerprint density at radius 2 is 1.01 bits per heavy atom. The van der Waals surface area contributed by atoms with Gasteiger partial charge in [-0.25, -0.2) is 0 Å². The number of thiophene rings is 2. The summed E-state index contributed by atoms with van der Waals surface area (Å²) in [5.74, 6) is 1.57. The second-order valence-electron chi connectivity index (χ2n) is 19.6. The number of hydrogen-bond acceptors (Lipinski definition) is 6. The van der Waals surface area contributed by atoms with Gasteiger partial charge in [-0.3, -0.25) is 0 Å². The molecule has 9 aromatic carbocycles. The normalized spacial score (nSPS) is 13.9. The summed E-state index contributed by atoms with van der Waals surface area (Å²) in [5, 5.41) is 5.28. The van der Waals surface area contributed by atoms with Crippen molar-refractivity contribution < 1.29 is 9.47 Å². The Kier molecular flexibility index (Phi) is 8.69. The Labute approximate surface area is 404 Å². The van der Waals surface area contributed by atoms with Crippen LogP contribution in [0.15, 0.2) is 176 Å². The highest BCUT2D eigenvalue weighted by Gasteiger charge is 2.45. The molecule has 4 nitrogen and oxygen atoms in total. The number of benzene rings is 9. The van der Waals surface area contributed by atoms with Crippen molar-refractivity contribution in [3.05, 3.63) is 187 Å². The van der Waals surface area contributed by atoms with Gasteiger partial charge in [-0.05, 0) is 135 Å². The number of rotatable bonds is 4. The maximum atomic E-state index is 6.52. The van der Waals surface area contributed by atoms with Gasteiger partial charge in [0, 0.05) is 68.8 Å². The maximum Gasteiger partial charge on any atom is 0.252 e. The van der Waals surface area contributed by atoms with Gasteiger partial charge in [0.15, 0.2) is 11.5 Å². The fourth-order valence-electron chi connectivity index (χ4n) is 11.2. The molecule has 0 radical (unpaired) electrons. The van der Waals surface area contributed by atoms with Crippen molar-refractivity contribution in [1.82, 2.24) is 0 Å². The Bertz CT molecular complexity index is 3900. The largest absolute Gasteiger partial charge is 0.486 e. The van der Waals surface area contributed by atoms with Crippen molar-refractivity contribution in [1.29, 1.82) is 0 Å². The van der Waals surface area contributed by atoms with E-state index in [1.165, 1.54) is 101 Å². The molecule has 0 bridgehead atoms. The highest BCUT2D eigenvalue weighted by molar-refractivity contribution is 7.26. The highest BCUT2D eigenvalue weighted by Crippen LogP contribution is 2.50. The van der Waals surface area contributed by atoms with Crippen molar-refractivity contribution >= 4 is 120 Å². The van der Waals surface area contributed by atoms with E-state index in [1.807, 2.05) is 28.7 Å². The molecule has 14 rings (SSSR count). The van der Waals surface area contributed by atoms with Gasteiger partial charge in [0.25, 0.3) is 6.71 Å². The van der Waals surface area contributed by atoms with Crippen LogP contribution < -0.4 is 35.7 Å². The first-order valence-electron chi connectivity index (χ1n) is 23.6. The van der Waals surface area contributed by atoms with E-state index in [0.29, 0.717) is 13.2 Å². The van der Waals surface area contributed by atoms with Crippen LogP contribution in [0.4, 0.5) is 34.1 Å². The van der Waals surface area contributed by atoms with E-state index in [1.54, 1.807) is 0 Å². The Morgan fingerprint density at radius 1 is 0.456 bits per heavy atom. The van der Waals surface area contributed by atoms with Crippen LogP contribution in [0, 0.1) is 6.92 Å². The molecule has 0 N–H and O–H groups in total. The molecule has 0 amide bonds. The van der Waals surface area contributed by atoms with Crippen LogP contribution in [0.3, 0.4) is 0 Å². The number of anilines is 6. The number of hydrogen-bond donors (Lipinski definition) is 0. The molecule has 0 atom stereocenters. The minimum Gasteiger partial charge on any atom is -0.486 e. The van der Waals surface area contributed by atoms with Gasteiger partial charge in [-0.1, -0.05) is 124 Å². The van der Waals surface area contributed by atoms with Gasteiger partial charge in [-0.2, -0.15) is 0 Å². The molecule has 2 aromatic heterocycles. The van der Waals surface area contributed by atoms with Crippen molar-refractivity contribution in [2.45, 2.75) is 33.1 Å². The first kappa shape index (κ1) is 39.8. The zero-order valence-electron chi connectivity index (χ0n) is 38.3. The average Bonchev–Trinajstić information content (AvgIpc) is 3.93. The molecule has 3 aliphatic rings. The molecule has 68 heavy (non-hydrogen) atoms. The standard InChI is InChI=1S/C61H45BN2O2S2/c1-36-30-52-59-53(31-36)64(51-12-9-13-54-60(51)66-29-28-65-54)50-27-21-41(61(2,3)4)35-48(50)62(59)47-32-38(40-19-25-46-44-11-6-8-15-56(44)68-58(46)34-40)20-26-49(47)63(52)42-22-16-37(17-23-42)39-18-24-45-43-10-5-7-14-55(43)67-57(45)33-39/h5-27,30-35H,28-29H2,1-4H3. The lowest BCUT2D eigenvalue weighted by Crippen LogP contribution is -2.61. The van der Waals surface area contributed by atoms with Gasteiger partial charge in [0.05, 0.1) is 5.69 Å². The smallest absolute Gasteiger partial charge is 0.252 e. The summed E-state index contributed by atoms with van der Waals surface area (Å²) in [6.07, 6.45) is 0. The molecule has 0 fully saturated rings. The van der Waals surface area contributed by atoms with Crippen molar-refractivity contribution in [3.63, 3.8) is 0 Å². The monoisotopic (exact) mass is 912 g/mol. The maximum absolute atomic E-state index is 6.52. The van der Waals surface area contributed by atoms with E-state index in [4.69, 9.17) is 9.47 Å².